The van der Waals surface area contributed by atoms with Gasteiger partial charge in [0.2, 0.25) is 11.8 Å². The van der Waals surface area contributed by atoms with E-state index >= 15 is 0 Å². The van der Waals surface area contributed by atoms with Gasteiger partial charge in [0.05, 0.1) is 12.5 Å². The summed E-state index contributed by atoms with van der Waals surface area (Å²) in [5.74, 6) is 0.627. The number of carbonyl (C=O) groups is 2. The number of aromatic nitrogens is 1. The van der Waals surface area contributed by atoms with E-state index in [9.17, 15) is 9.59 Å². The number of pyridine rings is 1. The average Bonchev–Trinajstić information content (AvgIpc) is 2.53. The van der Waals surface area contributed by atoms with Crippen LogP contribution in [0.5, 0.6) is 0 Å². The molecule has 1 unspecified atom stereocenters. The minimum atomic E-state index is -0.391. The summed E-state index contributed by atoms with van der Waals surface area (Å²) < 4.78 is 0. The van der Waals surface area contributed by atoms with Gasteiger partial charge in [-0.25, -0.2) is 0 Å². The van der Waals surface area contributed by atoms with Crippen LogP contribution in [0.3, 0.4) is 0 Å². The summed E-state index contributed by atoms with van der Waals surface area (Å²) in [5, 5.41) is 6.03. The summed E-state index contributed by atoms with van der Waals surface area (Å²) >= 11 is 0. The zero-order valence-corrected chi connectivity index (χ0v) is 14.6. The Balaban J connectivity index is 0.00000208. The predicted octanol–water partition coefficient (Wildman–Crippen LogP) is 1.11. The second kappa shape index (κ2) is 8.99. The molecule has 7 heteroatoms. The monoisotopic (exact) mass is 352 g/mol. The molecule has 1 aliphatic carbocycles. The summed E-state index contributed by atoms with van der Waals surface area (Å²) in [4.78, 5) is 30.5. The van der Waals surface area contributed by atoms with Gasteiger partial charge < -0.3 is 15.5 Å². The highest BCUT2D eigenvalue weighted by Crippen LogP contribution is 2.27. The van der Waals surface area contributed by atoms with Gasteiger partial charge in [-0.1, -0.05) is 12.5 Å². The van der Waals surface area contributed by atoms with Crippen LogP contribution in [0.1, 0.15) is 31.2 Å². The molecule has 1 aromatic rings. The Labute approximate surface area is 148 Å². The Morgan fingerprint density at radius 3 is 2.92 bits per heavy atom. The van der Waals surface area contributed by atoms with Gasteiger partial charge in [0.25, 0.3) is 0 Å². The second-order valence-corrected chi connectivity index (χ2v) is 6.43. The summed E-state index contributed by atoms with van der Waals surface area (Å²) in [5.41, 5.74) is 0.954. The van der Waals surface area contributed by atoms with Crippen LogP contribution in [0.4, 0.5) is 0 Å². The number of piperazine rings is 1. The molecule has 0 radical (unpaired) electrons. The normalized spacial score (nSPS) is 20.9. The van der Waals surface area contributed by atoms with E-state index in [0.717, 1.165) is 25.2 Å². The summed E-state index contributed by atoms with van der Waals surface area (Å²) in [6, 6.07) is 3.36. The van der Waals surface area contributed by atoms with Crippen molar-refractivity contribution in [2.24, 2.45) is 5.92 Å². The molecular weight excluding hydrogens is 328 g/mol. The van der Waals surface area contributed by atoms with Gasteiger partial charge in [0.1, 0.15) is 0 Å². The fraction of sp³-hybridized carbons (Fsp3) is 0.588. The SMILES string of the molecule is Cl.O=C(CC1NCCN(CC2CCC2)C1=O)NCc1cccnc1. The molecule has 2 N–H and O–H groups in total. The van der Waals surface area contributed by atoms with E-state index < -0.39 is 6.04 Å². The number of nitrogens with one attached hydrogen (secondary N) is 2. The molecular formula is C17H25ClN4O2. The largest absolute Gasteiger partial charge is 0.352 e. The van der Waals surface area contributed by atoms with E-state index in [1.54, 1.807) is 12.4 Å². The van der Waals surface area contributed by atoms with Crippen molar-refractivity contribution < 1.29 is 9.59 Å². The zero-order valence-electron chi connectivity index (χ0n) is 13.7. The van der Waals surface area contributed by atoms with Gasteiger partial charge in [-0.15, -0.1) is 12.4 Å². The zero-order chi connectivity index (χ0) is 16.1. The number of hydrogen-bond acceptors (Lipinski definition) is 4. The molecule has 6 nitrogen and oxygen atoms in total. The highest BCUT2D eigenvalue weighted by molar-refractivity contribution is 5.88. The lowest BCUT2D eigenvalue weighted by Crippen LogP contribution is -2.57. The summed E-state index contributed by atoms with van der Waals surface area (Å²) in [7, 11) is 0. The highest BCUT2D eigenvalue weighted by atomic mass is 35.5. The van der Waals surface area contributed by atoms with Crippen LogP contribution in [0.2, 0.25) is 0 Å². The maximum absolute atomic E-state index is 12.5. The van der Waals surface area contributed by atoms with Crippen LogP contribution in [0.15, 0.2) is 24.5 Å². The smallest absolute Gasteiger partial charge is 0.240 e. The number of halogens is 1. The molecule has 3 rings (SSSR count). The number of nitrogens with zero attached hydrogens (tertiary/aromatic N) is 2. The van der Waals surface area contributed by atoms with Crippen LogP contribution in [-0.4, -0.2) is 47.4 Å². The molecule has 2 heterocycles. The first kappa shape index (κ1) is 18.7. The van der Waals surface area contributed by atoms with Crippen molar-refractivity contribution in [1.82, 2.24) is 20.5 Å². The van der Waals surface area contributed by atoms with Gasteiger partial charge in [0.15, 0.2) is 0 Å². The van der Waals surface area contributed by atoms with E-state index in [-0.39, 0.29) is 30.6 Å². The molecule has 0 spiro atoms. The molecule has 1 saturated heterocycles. The quantitative estimate of drug-likeness (QED) is 0.804. The third kappa shape index (κ3) is 4.92. The van der Waals surface area contributed by atoms with Crippen LogP contribution in [-0.2, 0) is 16.1 Å². The molecule has 0 bridgehead atoms. The molecule has 24 heavy (non-hydrogen) atoms. The van der Waals surface area contributed by atoms with E-state index in [1.807, 2.05) is 17.0 Å². The molecule has 1 aromatic heterocycles. The van der Waals surface area contributed by atoms with Crippen molar-refractivity contribution in [1.29, 1.82) is 0 Å². The molecule has 2 aliphatic rings. The predicted molar refractivity (Wildman–Crippen MR) is 93.7 cm³/mol. The molecule has 132 valence electrons. The lowest BCUT2D eigenvalue weighted by atomic mass is 9.85. The third-order valence-electron chi connectivity index (χ3n) is 4.69. The molecule has 1 aliphatic heterocycles. The Morgan fingerprint density at radius 2 is 2.25 bits per heavy atom. The number of hydrogen-bond donors (Lipinski definition) is 2. The second-order valence-electron chi connectivity index (χ2n) is 6.43. The van der Waals surface area contributed by atoms with E-state index in [0.29, 0.717) is 12.5 Å². The van der Waals surface area contributed by atoms with Crippen LogP contribution in [0.25, 0.3) is 0 Å². The van der Waals surface area contributed by atoms with Crippen molar-refractivity contribution in [3.05, 3.63) is 30.1 Å². The molecule has 2 amide bonds. The van der Waals surface area contributed by atoms with Crippen molar-refractivity contribution in [2.45, 2.75) is 38.3 Å². The Kier molecular flexibility index (Phi) is 6.99. The standard InChI is InChI=1S/C17H24N4O2.ClH/c22-16(20-11-14-5-2-6-18-10-14)9-15-17(23)21(8-7-19-15)12-13-3-1-4-13;/h2,5-6,10,13,15,19H,1,3-4,7-9,11-12H2,(H,20,22);1H. The first-order valence-corrected chi connectivity index (χ1v) is 8.40. The highest BCUT2D eigenvalue weighted by Gasteiger charge is 2.32. The van der Waals surface area contributed by atoms with Gasteiger partial charge in [-0.05, 0) is 30.4 Å². The summed E-state index contributed by atoms with van der Waals surface area (Å²) in [6.07, 6.45) is 7.36. The van der Waals surface area contributed by atoms with Crippen molar-refractivity contribution in [2.75, 3.05) is 19.6 Å². The molecule has 1 saturated carbocycles. The van der Waals surface area contributed by atoms with Crippen LogP contribution < -0.4 is 10.6 Å². The van der Waals surface area contributed by atoms with Gasteiger partial charge >= 0.3 is 0 Å². The van der Waals surface area contributed by atoms with Crippen molar-refractivity contribution in [3.63, 3.8) is 0 Å². The first-order chi connectivity index (χ1) is 11.2. The third-order valence-corrected chi connectivity index (χ3v) is 4.69. The van der Waals surface area contributed by atoms with E-state index in [1.165, 1.54) is 19.3 Å². The minimum Gasteiger partial charge on any atom is -0.352 e. The maximum atomic E-state index is 12.5. The number of rotatable bonds is 6. The van der Waals surface area contributed by atoms with Gasteiger partial charge in [0, 0.05) is 38.6 Å². The Morgan fingerprint density at radius 1 is 1.42 bits per heavy atom. The van der Waals surface area contributed by atoms with E-state index in [4.69, 9.17) is 0 Å². The van der Waals surface area contributed by atoms with E-state index in [2.05, 4.69) is 15.6 Å². The van der Waals surface area contributed by atoms with Crippen LogP contribution >= 0.6 is 12.4 Å². The van der Waals surface area contributed by atoms with Gasteiger partial charge in [-0.2, -0.15) is 0 Å². The first-order valence-electron chi connectivity index (χ1n) is 8.40. The molecule has 2 fully saturated rings. The fourth-order valence-corrected chi connectivity index (χ4v) is 3.08. The lowest BCUT2D eigenvalue weighted by molar-refractivity contribution is -0.139. The minimum absolute atomic E-state index is 0. The van der Waals surface area contributed by atoms with Gasteiger partial charge in [-0.3, -0.25) is 14.6 Å². The number of carbonyl (C=O) groups excluding carboxylic acids is 2. The number of amides is 2. The topological polar surface area (TPSA) is 74.3 Å². The lowest BCUT2D eigenvalue weighted by Gasteiger charge is -2.37. The van der Waals surface area contributed by atoms with Crippen LogP contribution in [0, 0.1) is 5.92 Å². The molecule has 0 aromatic carbocycles. The Hall–Kier alpha value is -1.66. The van der Waals surface area contributed by atoms with Crippen molar-refractivity contribution >= 4 is 24.2 Å². The van der Waals surface area contributed by atoms with Crippen molar-refractivity contribution in [3.8, 4) is 0 Å². The Bertz CT molecular complexity index is 551. The maximum Gasteiger partial charge on any atom is 0.240 e. The summed E-state index contributed by atoms with van der Waals surface area (Å²) in [6.45, 7) is 2.82. The average molecular weight is 353 g/mol. The fourth-order valence-electron chi connectivity index (χ4n) is 3.08. The molecule has 1 atom stereocenters.